The Balaban J connectivity index is 3.35. The van der Waals surface area contributed by atoms with Gasteiger partial charge in [-0.25, -0.2) is 0 Å². The highest BCUT2D eigenvalue weighted by Gasteiger charge is 2.06. The van der Waals surface area contributed by atoms with E-state index in [1.54, 1.807) is 0 Å². The molecule has 0 aliphatic heterocycles. The van der Waals surface area contributed by atoms with Gasteiger partial charge in [0.2, 0.25) is 5.91 Å². The Labute approximate surface area is 100 Å². The molecule has 0 saturated carbocycles. The van der Waals surface area contributed by atoms with Crippen molar-refractivity contribution < 1.29 is 4.79 Å². The maximum atomic E-state index is 11.6. The van der Waals surface area contributed by atoms with Crippen molar-refractivity contribution in [2.24, 2.45) is 5.73 Å². The van der Waals surface area contributed by atoms with Crippen LogP contribution in [-0.4, -0.2) is 30.9 Å². The van der Waals surface area contributed by atoms with Crippen molar-refractivity contribution in [3.05, 3.63) is 0 Å². The molecule has 96 valence electrons. The van der Waals surface area contributed by atoms with E-state index in [1.807, 2.05) is 11.9 Å². The number of rotatable bonds is 10. The van der Waals surface area contributed by atoms with Crippen molar-refractivity contribution in [2.75, 3.05) is 20.1 Å². The first-order chi connectivity index (χ1) is 7.72. The Morgan fingerprint density at radius 2 is 1.69 bits per heavy atom. The Morgan fingerprint density at radius 3 is 2.31 bits per heavy atom. The smallest absolute Gasteiger partial charge is 0.222 e. The monoisotopic (exact) mass is 228 g/mol. The number of nitrogens with two attached hydrogens (primary N) is 1. The summed E-state index contributed by atoms with van der Waals surface area (Å²) in [6.45, 7) is 3.84. The summed E-state index contributed by atoms with van der Waals surface area (Å²) in [5, 5.41) is 0. The SMILES string of the molecule is CCCCN(C)C(=O)CCCCCCCN. The number of carbonyl (C=O) groups is 1. The van der Waals surface area contributed by atoms with Crippen LogP contribution in [0.4, 0.5) is 0 Å². The molecule has 0 atom stereocenters. The third-order valence-electron chi connectivity index (χ3n) is 2.87. The van der Waals surface area contributed by atoms with Gasteiger partial charge in [-0.15, -0.1) is 0 Å². The summed E-state index contributed by atoms with van der Waals surface area (Å²) in [7, 11) is 1.91. The predicted octanol–water partition coefficient (Wildman–Crippen LogP) is 2.54. The number of carbonyl (C=O) groups excluding carboxylic acids is 1. The third kappa shape index (κ3) is 8.72. The Morgan fingerprint density at radius 1 is 1.06 bits per heavy atom. The Hall–Kier alpha value is -0.570. The summed E-state index contributed by atoms with van der Waals surface area (Å²) in [5.74, 6) is 0.298. The quantitative estimate of drug-likeness (QED) is 0.584. The van der Waals surface area contributed by atoms with Crippen LogP contribution < -0.4 is 5.73 Å². The fourth-order valence-electron chi connectivity index (χ4n) is 1.66. The first-order valence-electron chi connectivity index (χ1n) is 6.66. The standard InChI is InChI=1S/C13H28N2O/c1-3-4-12-15(2)13(16)10-8-6-5-7-9-11-14/h3-12,14H2,1-2H3. The molecule has 0 bridgehead atoms. The molecule has 0 rings (SSSR count). The highest BCUT2D eigenvalue weighted by atomic mass is 16.2. The van der Waals surface area contributed by atoms with Gasteiger partial charge in [-0.2, -0.15) is 0 Å². The van der Waals surface area contributed by atoms with Crippen LogP contribution in [0, 0.1) is 0 Å². The van der Waals surface area contributed by atoms with E-state index in [0.717, 1.165) is 45.2 Å². The second kappa shape index (κ2) is 10.9. The van der Waals surface area contributed by atoms with Gasteiger partial charge >= 0.3 is 0 Å². The lowest BCUT2D eigenvalue weighted by atomic mass is 10.1. The number of nitrogens with zero attached hydrogens (tertiary/aromatic N) is 1. The summed E-state index contributed by atoms with van der Waals surface area (Å²) in [6, 6.07) is 0. The van der Waals surface area contributed by atoms with Gasteiger partial charge in [0.1, 0.15) is 0 Å². The molecule has 0 aromatic heterocycles. The lowest BCUT2D eigenvalue weighted by molar-refractivity contribution is -0.130. The third-order valence-corrected chi connectivity index (χ3v) is 2.87. The van der Waals surface area contributed by atoms with Crippen molar-refractivity contribution in [1.29, 1.82) is 0 Å². The van der Waals surface area contributed by atoms with E-state index < -0.39 is 0 Å². The van der Waals surface area contributed by atoms with E-state index in [0.29, 0.717) is 12.3 Å². The normalized spacial score (nSPS) is 10.4. The second-order valence-corrected chi connectivity index (χ2v) is 4.48. The highest BCUT2D eigenvalue weighted by molar-refractivity contribution is 5.75. The van der Waals surface area contributed by atoms with Crippen LogP contribution in [0.2, 0.25) is 0 Å². The highest BCUT2D eigenvalue weighted by Crippen LogP contribution is 2.06. The van der Waals surface area contributed by atoms with Gasteiger partial charge in [-0.1, -0.05) is 32.6 Å². The molecule has 1 amide bonds. The number of amides is 1. The molecule has 0 saturated heterocycles. The minimum Gasteiger partial charge on any atom is -0.346 e. The molecule has 0 fully saturated rings. The zero-order chi connectivity index (χ0) is 12.2. The van der Waals surface area contributed by atoms with Crippen LogP contribution in [0.1, 0.15) is 58.3 Å². The number of unbranched alkanes of at least 4 members (excludes halogenated alkanes) is 5. The first-order valence-corrected chi connectivity index (χ1v) is 6.66. The lowest BCUT2D eigenvalue weighted by Crippen LogP contribution is -2.27. The molecular formula is C13H28N2O. The maximum absolute atomic E-state index is 11.6. The van der Waals surface area contributed by atoms with E-state index in [-0.39, 0.29) is 0 Å². The molecule has 0 radical (unpaired) electrons. The molecule has 16 heavy (non-hydrogen) atoms. The fourth-order valence-corrected chi connectivity index (χ4v) is 1.66. The molecule has 2 N–H and O–H groups in total. The Bertz CT molecular complexity index is 171. The molecule has 0 aliphatic carbocycles. The lowest BCUT2D eigenvalue weighted by Gasteiger charge is -2.16. The molecule has 0 aromatic rings. The summed E-state index contributed by atoms with van der Waals surface area (Å²) in [5.41, 5.74) is 5.42. The van der Waals surface area contributed by atoms with Gasteiger partial charge in [0.05, 0.1) is 0 Å². The Kier molecular flexibility index (Phi) is 10.5. The van der Waals surface area contributed by atoms with Gasteiger partial charge in [0.15, 0.2) is 0 Å². The van der Waals surface area contributed by atoms with Crippen molar-refractivity contribution >= 4 is 5.91 Å². The van der Waals surface area contributed by atoms with E-state index in [9.17, 15) is 4.79 Å². The zero-order valence-electron chi connectivity index (χ0n) is 11.0. The van der Waals surface area contributed by atoms with Crippen LogP contribution >= 0.6 is 0 Å². The van der Waals surface area contributed by atoms with Crippen molar-refractivity contribution in [1.82, 2.24) is 4.90 Å². The maximum Gasteiger partial charge on any atom is 0.222 e. The molecule has 0 unspecified atom stereocenters. The number of hydrogen-bond acceptors (Lipinski definition) is 2. The van der Waals surface area contributed by atoms with Crippen molar-refractivity contribution in [3.63, 3.8) is 0 Å². The molecule has 3 nitrogen and oxygen atoms in total. The zero-order valence-corrected chi connectivity index (χ0v) is 11.0. The number of hydrogen-bond donors (Lipinski definition) is 1. The van der Waals surface area contributed by atoms with Crippen LogP contribution in [0.3, 0.4) is 0 Å². The molecule has 0 heterocycles. The topological polar surface area (TPSA) is 46.3 Å². The minimum atomic E-state index is 0.298. The molecular weight excluding hydrogens is 200 g/mol. The van der Waals surface area contributed by atoms with Gasteiger partial charge in [-0.05, 0) is 25.8 Å². The largest absolute Gasteiger partial charge is 0.346 e. The molecule has 0 aliphatic rings. The summed E-state index contributed by atoms with van der Waals surface area (Å²) < 4.78 is 0. The van der Waals surface area contributed by atoms with Gasteiger partial charge < -0.3 is 10.6 Å². The average Bonchev–Trinajstić information content (AvgIpc) is 2.30. The van der Waals surface area contributed by atoms with Crippen LogP contribution in [0.15, 0.2) is 0 Å². The van der Waals surface area contributed by atoms with Gasteiger partial charge in [-0.3, -0.25) is 4.79 Å². The van der Waals surface area contributed by atoms with Gasteiger partial charge in [0, 0.05) is 20.0 Å². The van der Waals surface area contributed by atoms with E-state index in [4.69, 9.17) is 5.73 Å². The van der Waals surface area contributed by atoms with Crippen molar-refractivity contribution in [2.45, 2.75) is 58.3 Å². The van der Waals surface area contributed by atoms with E-state index in [2.05, 4.69) is 6.92 Å². The summed E-state index contributed by atoms with van der Waals surface area (Å²) in [4.78, 5) is 13.5. The van der Waals surface area contributed by atoms with Crippen LogP contribution in [-0.2, 0) is 4.79 Å². The summed E-state index contributed by atoms with van der Waals surface area (Å²) >= 11 is 0. The van der Waals surface area contributed by atoms with E-state index >= 15 is 0 Å². The van der Waals surface area contributed by atoms with Gasteiger partial charge in [0.25, 0.3) is 0 Å². The fraction of sp³-hybridized carbons (Fsp3) is 0.923. The van der Waals surface area contributed by atoms with E-state index in [1.165, 1.54) is 12.8 Å². The second-order valence-electron chi connectivity index (χ2n) is 4.48. The first kappa shape index (κ1) is 15.4. The predicted molar refractivity (Wildman–Crippen MR) is 69.3 cm³/mol. The molecule has 0 aromatic carbocycles. The molecule has 3 heteroatoms. The summed E-state index contributed by atoms with van der Waals surface area (Å²) in [6.07, 6.45) is 8.69. The van der Waals surface area contributed by atoms with Crippen LogP contribution in [0.5, 0.6) is 0 Å². The minimum absolute atomic E-state index is 0.298. The average molecular weight is 228 g/mol. The molecule has 0 spiro atoms. The van der Waals surface area contributed by atoms with Crippen molar-refractivity contribution in [3.8, 4) is 0 Å². The van der Waals surface area contributed by atoms with Crippen LogP contribution in [0.25, 0.3) is 0 Å².